The molecule has 0 atom stereocenters. The van der Waals surface area contributed by atoms with Crippen LogP contribution in [0.2, 0.25) is 0 Å². The molecule has 0 nitrogen and oxygen atoms in total. The van der Waals surface area contributed by atoms with Gasteiger partial charge in [-0.25, -0.2) is 0 Å². The van der Waals surface area contributed by atoms with Gasteiger partial charge in [-0.15, -0.1) is 11.3 Å². The maximum Gasteiger partial charge on any atom is 0.0427 e. The lowest BCUT2D eigenvalue weighted by Gasteiger charge is -2.14. The lowest BCUT2D eigenvalue weighted by Crippen LogP contribution is -1.88. The zero-order valence-electron chi connectivity index (χ0n) is 21.0. The normalized spacial score (nSPS) is 11.8. The first kappa shape index (κ1) is 21.6. The van der Waals surface area contributed by atoms with Gasteiger partial charge in [-0.2, -0.15) is 0 Å². The molecule has 0 unspecified atom stereocenters. The fraction of sp³-hybridized carbons (Fsp3) is 0.0270. The van der Waals surface area contributed by atoms with E-state index in [4.69, 9.17) is 0 Å². The van der Waals surface area contributed by atoms with Crippen LogP contribution in [0.15, 0.2) is 127 Å². The third kappa shape index (κ3) is 3.16. The Labute approximate surface area is 225 Å². The summed E-state index contributed by atoms with van der Waals surface area (Å²) in [6, 6.07) is 46.9. The van der Waals surface area contributed by atoms with E-state index in [0.717, 1.165) is 0 Å². The Morgan fingerprint density at radius 2 is 1.00 bits per heavy atom. The van der Waals surface area contributed by atoms with E-state index in [0.29, 0.717) is 0 Å². The summed E-state index contributed by atoms with van der Waals surface area (Å²) in [5.41, 5.74) is 5.21. The predicted octanol–water partition coefficient (Wildman–Crippen LogP) is 11.2. The van der Waals surface area contributed by atoms with Crippen LogP contribution in [-0.4, -0.2) is 0 Å². The molecule has 7 aromatic carbocycles. The fourth-order valence-corrected chi connectivity index (χ4v) is 7.47. The van der Waals surface area contributed by atoms with Crippen molar-refractivity contribution in [1.82, 2.24) is 0 Å². The van der Waals surface area contributed by atoms with E-state index in [-0.39, 0.29) is 0 Å². The minimum absolute atomic E-state index is 1.27. The summed E-state index contributed by atoms with van der Waals surface area (Å²) in [6.45, 7) is 2.27. The molecule has 8 aromatic rings. The molecular formula is C37H24S. The van der Waals surface area contributed by atoms with Crippen molar-refractivity contribution in [2.45, 2.75) is 6.92 Å². The van der Waals surface area contributed by atoms with E-state index in [2.05, 4.69) is 134 Å². The second kappa shape index (κ2) is 8.28. The van der Waals surface area contributed by atoms with Crippen LogP contribution in [0.3, 0.4) is 0 Å². The summed E-state index contributed by atoms with van der Waals surface area (Å²) in [6.07, 6.45) is 0. The van der Waals surface area contributed by atoms with E-state index in [9.17, 15) is 0 Å². The Morgan fingerprint density at radius 1 is 0.421 bits per heavy atom. The van der Waals surface area contributed by atoms with Crippen molar-refractivity contribution in [3.8, 4) is 21.6 Å². The smallest absolute Gasteiger partial charge is 0.0427 e. The Hall–Kier alpha value is -4.46. The molecule has 0 N–H and O–H groups in total. The second-order valence-corrected chi connectivity index (χ2v) is 11.2. The average molecular weight is 501 g/mol. The first-order valence-corrected chi connectivity index (χ1v) is 13.9. The lowest BCUT2D eigenvalue weighted by atomic mass is 9.90. The van der Waals surface area contributed by atoms with Crippen LogP contribution >= 0.6 is 11.3 Å². The molecule has 0 fully saturated rings. The Morgan fingerprint density at radius 3 is 1.74 bits per heavy atom. The van der Waals surface area contributed by atoms with E-state index in [1.807, 2.05) is 11.3 Å². The molecule has 1 heteroatoms. The molecule has 8 rings (SSSR count). The van der Waals surface area contributed by atoms with Crippen molar-refractivity contribution in [2.24, 2.45) is 0 Å². The SMILES string of the molecule is Cc1c(-c2ccc3c4ccccc4c4ccccc4c3c2)cccc1-c1cc2ccc3ccccc3c2s1. The van der Waals surface area contributed by atoms with Crippen LogP contribution in [0.4, 0.5) is 0 Å². The number of fused-ring (bicyclic) bond motifs is 9. The summed E-state index contributed by atoms with van der Waals surface area (Å²) >= 11 is 1.90. The molecule has 1 heterocycles. The van der Waals surface area contributed by atoms with Crippen LogP contribution in [0.5, 0.6) is 0 Å². The Bertz CT molecular complexity index is 2160. The highest BCUT2D eigenvalue weighted by Crippen LogP contribution is 2.42. The molecule has 0 saturated carbocycles. The number of thiophene rings is 1. The van der Waals surface area contributed by atoms with E-state index in [1.54, 1.807) is 0 Å². The highest BCUT2D eigenvalue weighted by molar-refractivity contribution is 7.23. The highest BCUT2D eigenvalue weighted by Gasteiger charge is 2.14. The number of benzene rings is 7. The van der Waals surface area contributed by atoms with Crippen LogP contribution in [0.1, 0.15) is 5.56 Å². The van der Waals surface area contributed by atoms with Gasteiger partial charge in [0.1, 0.15) is 0 Å². The first-order valence-electron chi connectivity index (χ1n) is 13.1. The second-order valence-electron chi connectivity index (χ2n) is 10.1. The monoisotopic (exact) mass is 500 g/mol. The summed E-state index contributed by atoms with van der Waals surface area (Å²) in [5, 5.41) is 11.8. The molecule has 0 amide bonds. The molecule has 0 radical (unpaired) electrons. The van der Waals surface area contributed by atoms with E-state index < -0.39 is 0 Å². The zero-order valence-corrected chi connectivity index (χ0v) is 21.8. The highest BCUT2D eigenvalue weighted by atomic mass is 32.1. The third-order valence-corrected chi connectivity index (χ3v) is 9.28. The Kier molecular flexibility index (Phi) is 4.71. The van der Waals surface area contributed by atoms with Gasteiger partial charge in [0.2, 0.25) is 0 Å². The van der Waals surface area contributed by atoms with Gasteiger partial charge in [0.05, 0.1) is 0 Å². The summed E-state index contributed by atoms with van der Waals surface area (Å²) in [4.78, 5) is 1.33. The quantitative estimate of drug-likeness (QED) is 0.207. The number of rotatable bonds is 2. The summed E-state index contributed by atoms with van der Waals surface area (Å²) in [7, 11) is 0. The average Bonchev–Trinajstić information content (AvgIpc) is 3.42. The third-order valence-electron chi connectivity index (χ3n) is 8.06. The number of hydrogen-bond acceptors (Lipinski definition) is 1. The van der Waals surface area contributed by atoms with Gasteiger partial charge in [-0.3, -0.25) is 0 Å². The van der Waals surface area contributed by atoms with Gasteiger partial charge in [-0.05, 0) is 89.8 Å². The molecule has 0 bridgehead atoms. The molecule has 1 aromatic heterocycles. The first-order chi connectivity index (χ1) is 18.8. The van der Waals surface area contributed by atoms with Crippen LogP contribution < -0.4 is 0 Å². The predicted molar refractivity (Wildman–Crippen MR) is 167 cm³/mol. The van der Waals surface area contributed by atoms with Gasteiger partial charge < -0.3 is 0 Å². The maximum atomic E-state index is 2.40. The van der Waals surface area contributed by atoms with E-state index in [1.165, 1.54) is 80.3 Å². The van der Waals surface area contributed by atoms with Gasteiger partial charge in [0, 0.05) is 9.58 Å². The van der Waals surface area contributed by atoms with Crippen LogP contribution in [0.25, 0.3) is 74.7 Å². The van der Waals surface area contributed by atoms with Crippen molar-refractivity contribution in [3.05, 3.63) is 133 Å². The van der Waals surface area contributed by atoms with Crippen LogP contribution in [-0.2, 0) is 0 Å². The van der Waals surface area contributed by atoms with Crippen molar-refractivity contribution in [2.75, 3.05) is 0 Å². The molecule has 0 saturated heterocycles. The van der Waals surface area contributed by atoms with E-state index >= 15 is 0 Å². The largest absolute Gasteiger partial charge is 0.135 e. The topological polar surface area (TPSA) is 0 Å². The van der Waals surface area contributed by atoms with Gasteiger partial charge in [0.25, 0.3) is 0 Å². The van der Waals surface area contributed by atoms with Crippen molar-refractivity contribution in [3.63, 3.8) is 0 Å². The molecule has 0 aliphatic carbocycles. The number of hydrogen-bond donors (Lipinski definition) is 0. The summed E-state index contributed by atoms with van der Waals surface area (Å²) < 4.78 is 1.37. The maximum absolute atomic E-state index is 2.40. The molecule has 0 aliphatic heterocycles. The van der Waals surface area contributed by atoms with Crippen molar-refractivity contribution >= 4 is 64.5 Å². The molecule has 38 heavy (non-hydrogen) atoms. The minimum atomic E-state index is 1.27. The molecule has 0 spiro atoms. The van der Waals surface area contributed by atoms with Gasteiger partial charge >= 0.3 is 0 Å². The van der Waals surface area contributed by atoms with Crippen molar-refractivity contribution in [1.29, 1.82) is 0 Å². The fourth-order valence-electron chi connectivity index (χ4n) is 6.19. The summed E-state index contributed by atoms with van der Waals surface area (Å²) in [5.74, 6) is 0. The standard InChI is InChI=1S/C37H24S/c1-23-27(15-8-16-28(23)36-22-26-18-17-24-9-2-3-10-29(24)37(26)38-36)25-19-20-34-32-13-5-4-11-30(32)31-12-6-7-14-33(31)35(34)21-25/h2-22H,1H3. The molecule has 0 aliphatic rings. The zero-order chi connectivity index (χ0) is 25.2. The van der Waals surface area contributed by atoms with Gasteiger partial charge in [-0.1, -0.05) is 115 Å². The minimum Gasteiger partial charge on any atom is -0.135 e. The lowest BCUT2D eigenvalue weighted by molar-refractivity contribution is 1.47. The Balaban J connectivity index is 1.34. The van der Waals surface area contributed by atoms with Crippen molar-refractivity contribution < 1.29 is 0 Å². The molecular weight excluding hydrogens is 476 g/mol. The van der Waals surface area contributed by atoms with Crippen LogP contribution in [0, 0.1) is 6.92 Å². The van der Waals surface area contributed by atoms with Gasteiger partial charge in [0.15, 0.2) is 0 Å². The molecule has 178 valence electrons.